The first-order chi connectivity index (χ1) is 13.6. The van der Waals surface area contributed by atoms with Crippen molar-refractivity contribution in [1.82, 2.24) is 10.2 Å². The Bertz CT molecular complexity index is 589. The fourth-order valence-electron chi connectivity index (χ4n) is 4.29. The summed E-state index contributed by atoms with van der Waals surface area (Å²) in [4.78, 5) is 14.9. The highest BCUT2D eigenvalue weighted by Gasteiger charge is 2.35. The van der Waals surface area contributed by atoms with Crippen molar-refractivity contribution in [1.29, 1.82) is 0 Å². The molecule has 5 nitrogen and oxygen atoms in total. The largest absolute Gasteiger partial charge is 0.390 e. The molecule has 28 heavy (non-hydrogen) atoms. The van der Waals surface area contributed by atoms with Crippen molar-refractivity contribution in [3.63, 3.8) is 0 Å². The minimum Gasteiger partial charge on any atom is -0.390 e. The Morgan fingerprint density at radius 2 is 1.86 bits per heavy atom. The Hall–Kier alpha value is -1.43. The number of rotatable bonds is 8. The lowest BCUT2D eigenvalue weighted by molar-refractivity contribution is -0.159. The van der Waals surface area contributed by atoms with Crippen LogP contribution in [0.3, 0.4) is 0 Å². The van der Waals surface area contributed by atoms with Gasteiger partial charge >= 0.3 is 0 Å². The number of nitrogens with zero attached hydrogens (tertiary/aromatic N) is 1. The van der Waals surface area contributed by atoms with Gasteiger partial charge in [0.05, 0.1) is 12.2 Å². The van der Waals surface area contributed by atoms with Gasteiger partial charge in [-0.25, -0.2) is 0 Å². The van der Waals surface area contributed by atoms with Gasteiger partial charge in [0.25, 0.3) is 5.91 Å². The Balaban J connectivity index is 1.40. The third kappa shape index (κ3) is 6.57. The zero-order chi connectivity index (χ0) is 19.8. The number of likely N-dealkylation sites (N-methyl/N-ethyl adjacent to an activating group) is 1. The van der Waals surface area contributed by atoms with Crippen molar-refractivity contribution < 1.29 is 14.6 Å². The van der Waals surface area contributed by atoms with Gasteiger partial charge in [-0.3, -0.25) is 4.79 Å². The summed E-state index contributed by atoms with van der Waals surface area (Å²) in [6.07, 6.45) is 7.74. The Kier molecular flexibility index (Phi) is 8.31. The van der Waals surface area contributed by atoms with E-state index in [-0.39, 0.29) is 18.1 Å². The van der Waals surface area contributed by atoms with Gasteiger partial charge in [-0.15, -0.1) is 0 Å². The standard InChI is InChI=1S/C23H36N2O3/c1-25(16-14-18-8-4-2-5-9-18)17-15-20-12-13-21(26)22(28-20)23(27)24-19-10-6-3-7-11-19/h2,4-5,8-9,19-22,26H,3,6-7,10-17H2,1H3,(H,24,27). The van der Waals surface area contributed by atoms with Gasteiger partial charge in [-0.2, -0.15) is 0 Å². The zero-order valence-electron chi connectivity index (χ0n) is 17.2. The maximum absolute atomic E-state index is 12.6. The Morgan fingerprint density at radius 1 is 1.11 bits per heavy atom. The maximum atomic E-state index is 12.6. The highest BCUT2D eigenvalue weighted by molar-refractivity contribution is 5.81. The van der Waals surface area contributed by atoms with E-state index in [2.05, 4.69) is 41.5 Å². The highest BCUT2D eigenvalue weighted by Crippen LogP contribution is 2.24. The van der Waals surface area contributed by atoms with Crippen LogP contribution in [0.25, 0.3) is 0 Å². The number of hydrogen-bond donors (Lipinski definition) is 2. The molecule has 1 aliphatic heterocycles. The third-order valence-electron chi connectivity index (χ3n) is 6.14. The number of ether oxygens (including phenoxy) is 1. The second-order valence-corrected chi connectivity index (χ2v) is 8.49. The molecule has 1 heterocycles. The van der Waals surface area contributed by atoms with Crippen LogP contribution in [0.15, 0.2) is 30.3 Å². The van der Waals surface area contributed by atoms with E-state index in [0.29, 0.717) is 6.42 Å². The predicted molar refractivity (Wildman–Crippen MR) is 111 cm³/mol. The van der Waals surface area contributed by atoms with E-state index in [1.165, 1.54) is 24.8 Å². The van der Waals surface area contributed by atoms with Gasteiger partial charge in [-0.1, -0.05) is 49.6 Å². The number of nitrogens with one attached hydrogen (secondary N) is 1. The number of hydrogen-bond acceptors (Lipinski definition) is 4. The van der Waals surface area contributed by atoms with E-state index < -0.39 is 12.2 Å². The van der Waals surface area contributed by atoms with Crippen molar-refractivity contribution in [3.05, 3.63) is 35.9 Å². The summed E-state index contributed by atoms with van der Waals surface area (Å²) < 4.78 is 6.03. The number of carbonyl (C=O) groups is 1. The molecule has 1 saturated carbocycles. The SMILES string of the molecule is CN(CCc1ccccc1)CCC1CCC(O)C(C(=O)NC2CCCCC2)O1. The smallest absolute Gasteiger partial charge is 0.252 e. The second-order valence-electron chi connectivity index (χ2n) is 8.49. The van der Waals surface area contributed by atoms with Crippen LogP contribution in [0, 0.1) is 0 Å². The van der Waals surface area contributed by atoms with Crippen LogP contribution in [-0.4, -0.2) is 60.4 Å². The Labute approximate surface area is 169 Å². The molecule has 1 aliphatic carbocycles. The summed E-state index contributed by atoms with van der Waals surface area (Å²) in [7, 11) is 2.13. The monoisotopic (exact) mass is 388 g/mol. The molecule has 1 amide bonds. The van der Waals surface area contributed by atoms with Crippen LogP contribution in [0.5, 0.6) is 0 Å². The molecule has 1 saturated heterocycles. The van der Waals surface area contributed by atoms with E-state index >= 15 is 0 Å². The van der Waals surface area contributed by atoms with Gasteiger partial charge in [0, 0.05) is 19.1 Å². The molecular weight excluding hydrogens is 352 g/mol. The molecule has 0 spiro atoms. The number of aliphatic hydroxyl groups is 1. The number of amides is 1. The molecule has 1 aromatic rings. The van der Waals surface area contributed by atoms with Crippen LogP contribution in [0.4, 0.5) is 0 Å². The first-order valence-corrected chi connectivity index (χ1v) is 11.0. The van der Waals surface area contributed by atoms with Gasteiger partial charge in [0.1, 0.15) is 0 Å². The Morgan fingerprint density at radius 3 is 2.61 bits per heavy atom. The van der Waals surface area contributed by atoms with E-state index in [1.54, 1.807) is 0 Å². The molecule has 156 valence electrons. The molecule has 0 aromatic heterocycles. The maximum Gasteiger partial charge on any atom is 0.252 e. The average molecular weight is 389 g/mol. The van der Waals surface area contributed by atoms with Crippen molar-refractivity contribution in [2.45, 2.75) is 82.1 Å². The summed E-state index contributed by atoms with van der Waals surface area (Å²) in [6.45, 7) is 1.94. The van der Waals surface area contributed by atoms with Crippen molar-refractivity contribution in [2.24, 2.45) is 0 Å². The summed E-state index contributed by atoms with van der Waals surface area (Å²) in [5.74, 6) is -0.124. The topological polar surface area (TPSA) is 61.8 Å². The quantitative estimate of drug-likeness (QED) is 0.719. The molecule has 3 unspecified atom stereocenters. The van der Waals surface area contributed by atoms with Gasteiger partial charge in [-0.05, 0) is 51.1 Å². The summed E-state index contributed by atoms with van der Waals surface area (Å²) in [5, 5.41) is 13.4. The van der Waals surface area contributed by atoms with Crippen molar-refractivity contribution >= 4 is 5.91 Å². The van der Waals surface area contributed by atoms with Crippen LogP contribution in [-0.2, 0) is 16.0 Å². The zero-order valence-corrected chi connectivity index (χ0v) is 17.2. The average Bonchev–Trinajstić information content (AvgIpc) is 2.73. The fourth-order valence-corrected chi connectivity index (χ4v) is 4.29. The van der Waals surface area contributed by atoms with E-state index in [0.717, 1.165) is 45.2 Å². The third-order valence-corrected chi connectivity index (χ3v) is 6.14. The van der Waals surface area contributed by atoms with E-state index in [1.807, 2.05) is 6.07 Å². The molecule has 2 aliphatic rings. The minimum atomic E-state index is -0.713. The molecule has 3 rings (SSSR count). The molecule has 0 radical (unpaired) electrons. The number of benzene rings is 1. The molecule has 2 fully saturated rings. The van der Waals surface area contributed by atoms with Gasteiger partial charge in [0.15, 0.2) is 6.10 Å². The van der Waals surface area contributed by atoms with Crippen molar-refractivity contribution in [2.75, 3.05) is 20.1 Å². The highest BCUT2D eigenvalue weighted by atomic mass is 16.5. The molecule has 2 N–H and O–H groups in total. The molecule has 5 heteroatoms. The summed E-state index contributed by atoms with van der Waals surface area (Å²) in [6, 6.07) is 10.8. The van der Waals surface area contributed by atoms with E-state index in [9.17, 15) is 9.90 Å². The lowest BCUT2D eigenvalue weighted by Crippen LogP contribution is -2.51. The summed E-state index contributed by atoms with van der Waals surface area (Å²) >= 11 is 0. The number of carbonyl (C=O) groups excluding carboxylic acids is 1. The molecule has 0 bridgehead atoms. The van der Waals surface area contributed by atoms with Crippen LogP contribution < -0.4 is 5.32 Å². The van der Waals surface area contributed by atoms with Gasteiger partial charge in [0.2, 0.25) is 0 Å². The first-order valence-electron chi connectivity index (χ1n) is 11.0. The van der Waals surface area contributed by atoms with Crippen LogP contribution in [0.2, 0.25) is 0 Å². The fraction of sp³-hybridized carbons (Fsp3) is 0.696. The van der Waals surface area contributed by atoms with Crippen LogP contribution in [0.1, 0.15) is 56.9 Å². The lowest BCUT2D eigenvalue weighted by Gasteiger charge is -2.35. The van der Waals surface area contributed by atoms with Crippen LogP contribution >= 0.6 is 0 Å². The normalized spacial score (nSPS) is 26.3. The number of aliphatic hydroxyl groups excluding tert-OH is 1. The molecular formula is C23H36N2O3. The van der Waals surface area contributed by atoms with Gasteiger partial charge < -0.3 is 20.1 Å². The summed E-state index contributed by atoms with van der Waals surface area (Å²) in [5.41, 5.74) is 1.35. The van der Waals surface area contributed by atoms with Crippen molar-refractivity contribution in [3.8, 4) is 0 Å². The lowest BCUT2D eigenvalue weighted by atomic mass is 9.94. The minimum absolute atomic E-state index is 0.0460. The second kappa shape index (κ2) is 10.9. The molecule has 1 aromatic carbocycles. The predicted octanol–water partition coefficient (Wildman–Crippen LogP) is 2.91. The van der Waals surface area contributed by atoms with E-state index in [4.69, 9.17) is 4.74 Å². The molecule has 3 atom stereocenters. The first kappa shape index (κ1) is 21.3.